The molecule has 5 fully saturated rings. The van der Waals surface area contributed by atoms with Crippen molar-refractivity contribution in [3.05, 3.63) is 11.6 Å². The van der Waals surface area contributed by atoms with Crippen molar-refractivity contribution in [3.8, 4) is 0 Å². The summed E-state index contributed by atoms with van der Waals surface area (Å²) in [6.45, 7) is 8.06. The first kappa shape index (κ1) is 29.5. The standard InChI is InChI=1S/C32H48O9/c1-17-29(35)24(37-5)14-27(39-17)41-21-8-10-30(3)20(13-21)6-7-23-22(30)9-11-31(4)28(19-12-26(34)38-16-19)25(40-18(2)33)15-32(23,31)36/h12,17,20-25,27-29,35-36H,6-11,13-16H2,1-5H3/t17-,20+,21-,22?,23?,24-,25-,27-,28-,29-,30-,31+,32-/m0/s1. The molecule has 230 valence electrons. The molecule has 6 aliphatic rings. The summed E-state index contributed by atoms with van der Waals surface area (Å²) in [5.41, 5.74) is -0.559. The molecule has 2 N–H and O–H groups in total. The first-order valence-corrected chi connectivity index (χ1v) is 15.7. The second-order valence-electron chi connectivity index (χ2n) is 14.3. The van der Waals surface area contributed by atoms with Gasteiger partial charge in [0, 0.05) is 44.3 Å². The first-order chi connectivity index (χ1) is 19.4. The van der Waals surface area contributed by atoms with Gasteiger partial charge >= 0.3 is 11.9 Å². The van der Waals surface area contributed by atoms with Crippen LogP contribution in [-0.4, -0.2) is 78.3 Å². The predicted octanol–water partition coefficient (Wildman–Crippen LogP) is 3.68. The summed E-state index contributed by atoms with van der Waals surface area (Å²) < 4.78 is 29.1. The highest BCUT2D eigenvalue weighted by atomic mass is 16.7. The summed E-state index contributed by atoms with van der Waals surface area (Å²) in [6, 6.07) is 0. The van der Waals surface area contributed by atoms with Gasteiger partial charge in [0.2, 0.25) is 0 Å². The lowest BCUT2D eigenvalue weighted by Crippen LogP contribution is -2.62. The van der Waals surface area contributed by atoms with Gasteiger partial charge in [-0.15, -0.1) is 0 Å². The molecule has 2 aliphatic heterocycles. The van der Waals surface area contributed by atoms with E-state index in [1.165, 1.54) is 6.92 Å². The minimum atomic E-state index is -0.990. The predicted molar refractivity (Wildman–Crippen MR) is 147 cm³/mol. The lowest BCUT2D eigenvalue weighted by Gasteiger charge is -2.63. The maximum absolute atomic E-state index is 12.7. The molecule has 0 aromatic carbocycles. The van der Waals surface area contributed by atoms with Crippen LogP contribution in [0.1, 0.15) is 85.5 Å². The number of carbonyl (C=O) groups is 2. The number of aliphatic hydroxyl groups excluding tert-OH is 1. The van der Waals surface area contributed by atoms with Crippen molar-refractivity contribution in [2.75, 3.05) is 13.7 Å². The van der Waals surface area contributed by atoms with Gasteiger partial charge in [-0.25, -0.2) is 4.79 Å². The fraction of sp³-hybridized carbons (Fsp3) is 0.875. The summed E-state index contributed by atoms with van der Waals surface area (Å²) in [7, 11) is 1.62. The van der Waals surface area contributed by atoms with Crippen molar-refractivity contribution in [3.63, 3.8) is 0 Å². The third-order valence-electron chi connectivity index (χ3n) is 12.5. The quantitative estimate of drug-likeness (QED) is 0.373. The van der Waals surface area contributed by atoms with E-state index in [0.29, 0.717) is 24.7 Å². The Bertz CT molecular complexity index is 1080. The molecule has 4 saturated carbocycles. The van der Waals surface area contributed by atoms with E-state index < -0.39 is 23.2 Å². The number of aliphatic hydroxyl groups is 2. The number of methoxy groups -OCH3 is 1. The van der Waals surface area contributed by atoms with E-state index in [-0.39, 0.29) is 60.4 Å². The molecular weight excluding hydrogens is 528 g/mol. The number of esters is 2. The number of hydrogen-bond donors (Lipinski definition) is 2. The molecule has 6 rings (SSSR count). The van der Waals surface area contributed by atoms with Gasteiger partial charge in [0.25, 0.3) is 0 Å². The molecule has 0 spiro atoms. The fourth-order valence-electron chi connectivity index (χ4n) is 10.4. The average molecular weight is 577 g/mol. The van der Waals surface area contributed by atoms with Crippen LogP contribution in [0.4, 0.5) is 0 Å². The maximum atomic E-state index is 12.7. The van der Waals surface area contributed by atoms with Crippen molar-refractivity contribution in [2.24, 2.45) is 34.5 Å². The van der Waals surface area contributed by atoms with Crippen molar-refractivity contribution < 1.29 is 43.5 Å². The van der Waals surface area contributed by atoms with Crippen molar-refractivity contribution >= 4 is 11.9 Å². The highest BCUT2D eigenvalue weighted by molar-refractivity contribution is 5.85. The van der Waals surface area contributed by atoms with Crippen molar-refractivity contribution in [1.82, 2.24) is 0 Å². The number of fused-ring (bicyclic) bond motifs is 5. The fourth-order valence-corrected chi connectivity index (χ4v) is 10.4. The largest absolute Gasteiger partial charge is 0.462 e. The summed E-state index contributed by atoms with van der Waals surface area (Å²) in [5, 5.41) is 23.0. The Morgan fingerprint density at radius 2 is 1.85 bits per heavy atom. The average Bonchev–Trinajstić information content (AvgIpc) is 3.42. The van der Waals surface area contributed by atoms with Gasteiger partial charge in [0.05, 0.1) is 23.9 Å². The van der Waals surface area contributed by atoms with E-state index in [2.05, 4.69) is 13.8 Å². The normalized spacial score (nSPS) is 51.2. The van der Waals surface area contributed by atoms with Crippen LogP contribution in [0.2, 0.25) is 0 Å². The molecule has 0 aromatic heterocycles. The number of hydrogen-bond acceptors (Lipinski definition) is 9. The molecular formula is C32H48O9. The number of carbonyl (C=O) groups excluding carboxylic acids is 2. The van der Waals surface area contributed by atoms with Crippen LogP contribution in [0.5, 0.6) is 0 Å². The first-order valence-electron chi connectivity index (χ1n) is 15.7. The molecule has 41 heavy (non-hydrogen) atoms. The highest BCUT2D eigenvalue weighted by Gasteiger charge is 2.71. The molecule has 13 atom stereocenters. The number of rotatable bonds is 5. The van der Waals surface area contributed by atoms with Crippen LogP contribution in [0, 0.1) is 34.5 Å². The molecule has 0 bridgehead atoms. The van der Waals surface area contributed by atoms with Crippen molar-refractivity contribution in [2.45, 2.75) is 128 Å². The number of ether oxygens (including phenoxy) is 5. The zero-order chi connectivity index (χ0) is 29.3. The molecule has 2 heterocycles. The van der Waals surface area contributed by atoms with Gasteiger partial charge in [0.1, 0.15) is 18.8 Å². The second-order valence-corrected chi connectivity index (χ2v) is 14.3. The minimum Gasteiger partial charge on any atom is -0.462 e. The topological polar surface area (TPSA) is 121 Å². The molecule has 9 heteroatoms. The molecule has 1 saturated heterocycles. The Morgan fingerprint density at radius 1 is 1.07 bits per heavy atom. The third-order valence-corrected chi connectivity index (χ3v) is 12.5. The smallest absolute Gasteiger partial charge is 0.331 e. The van der Waals surface area contributed by atoms with E-state index in [0.717, 1.165) is 50.5 Å². The van der Waals surface area contributed by atoms with Crippen LogP contribution in [0.25, 0.3) is 0 Å². The lowest BCUT2D eigenvalue weighted by atomic mass is 9.43. The molecule has 0 amide bonds. The zero-order valence-electron chi connectivity index (χ0n) is 25.2. The summed E-state index contributed by atoms with van der Waals surface area (Å²) in [5.74, 6) is 0.0175. The van der Waals surface area contributed by atoms with Gasteiger partial charge in [-0.3, -0.25) is 4.79 Å². The van der Waals surface area contributed by atoms with E-state index >= 15 is 0 Å². The third kappa shape index (κ3) is 4.69. The summed E-state index contributed by atoms with van der Waals surface area (Å²) >= 11 is 0. The highest BCUT2D eigenvalue weighted by Crippen LogP contribution is 2.70. The Hall–Kier alpha value is -1.52. The van der Waals surface area contributed by atoms with Gasteiger partial charge in [0.15, 0.2) is 6.29 Å². The summed E-state index contributed by atoms with van der Waals surface area (Å²) in [4.78, 5) is 24.2. The van der Waals surface area contributed by atoms with Crippen LogP contribution in [0.15, 0.2) is 11.6 Å². The molecule has 4 aliphatic carbocycles. The van der Waals surface area contributed by atoms with Crippen LogP contribution >= 0.6 is 0 Å². The van der Waals surface area contributed by atoms with Gasteiger partial charge in [-0.1, -0.05) is 13.8 Å². The lowest BCUT2D eigenvalue weighted by molar-refractivity contribution is -0.273. The molecule has 2 unspecified atom stereocenters. The van der Waals surface area contributed by atoms with E-state index in [1.807, 2.05) is 6.92 Å². The Morgan fingerprint density at radius 3 is 2.54 bits per heavy atom. The Labute approximate surface area is 243 Å². The van der Waals surface area contributed by atoms with Crippen LogP contribution < -0.4 is 0 Å². The van der Waals surface area contributed by atoms with Crippen molar-refractivity contribution in [1.29, 1.82) is 0 Å². The summed E-state index contributed by atoms with van der Waals surface area (Å²) in [6.07, 6.45) is 7.14. The van der Waals surface area contributed by atoms with E-state index in [9.17, 15) is 19.8 Å². The van der Waals surface area contributed by atoms with Crippen LogP contribution in [-0.2, 0) is 33.3 Å². The van der Waals surface area contributed by atoms with E-state index in [4.69, 9.17) is 23.7 Å². The minimum absolute atomic E-state index is 0.0898. The van der Waals surface area contributed by atoms with E-state index in [1.54, 1.807) is 13.2 Å². The van der Waals surface area contributed by atoms with Gasteiger partial charge in [-0.2, -0.15) is 0 Å². The number of cyclic esters (lactones) is 1. The second kappa shape index (κ2) is 10.6. The zero-order valence-corrected chi connectivity index (χ0v) is 25.2. The van der Waals surface area contributed by atoms with Crippen LogP contribution in [0.3, 0.4) is 0 Å². The molecule has 9 nitrogen and oxygen atoms in total. The maximum Gasteiger partial charge on any atom is 0.331 e. The monoisotopic (exact) mass is 576 g/mol. The Balaban J connectivity index is 1.19. The van der Waals surface area contributed by atoms with Gasteiger partial charge < -0.3 is 33.9 Å². The molecule has 0 aromatic rings. The molecule has 0 radical (unpaired) electrons. The SMILES string of the molecule is CO[C@H]1C[C@H](O[C@H]2CC[C@]3(C)C4CC[C@]5(C)[C@@H](C6=CC(=O)OC6)[C@@H](OC(C)=O)C[C@]5(O)C4CC[C@@H]3C2)O[C@@H](C)[C@@H]1O. The Kier molecular flexibility index (Phi) is 7.62. The van der Waals surface area contributed by atoms with Gasteiger partial charge in [-0.05, 0) is 80.6 Å².